The third kappa shape index (κ3) is 2.31. The molecule has 0 spiro atoms. The van der Waals surface area contributed by atoms with Gasteiger partial charge in [-0.05, 0) is 82.1 Å². The van der Waals surface area contributed by atoms with Crippen molar-refractivity contribution in [3.05, 3.63) is 35.4 Å². The molecule has 3 heteroatoms. The van der Waals surface area contributed by atoms with Crippen molar-refractivity contribution in [3.63, 3.8) is 0 Å². The van der Waals surface area contributed by atoms with Gasteiger partial charge in [-0.1, -0.05) is 29.8 Å². The average molecular weight is 338 g/mol. The number of hydrazine groups is 1. The van der Waals surface area contributed by atoms with Crippen LogP contribution in [-0.2, 0) is 11.3 Å². The fraction of sp³-hybridized carbons (Fsp3) is 0.682. The number of rotatable bonds is 3. The average Bonchev–Trinajstić information content (AvgIpc) is 2.56. The molecular formula is C22H30N2O. The van der Waals surface area contributed by atoms with Crippen molar-refractivity contribution in [2.45, 2.75) is 71.0 Å². The monoisotopic (exact) mass is 338 g/mol. The SMILES string of the molecule is Cc1cccc(CN2N(C3C4CC5CC(C4)CC3C5)C(=O)C2(C)C)c1. The lowest BCUT2D eigenvalue weighted by Crippen LogP contribution is -2.79. The summed E-state index contributed by atoms with van der Waals surface area (Å²) >= 11 is 0. The summed E-state index contributed by atoms with van der Waals surface area (Å²) in [6, 6.07) is 9.20. The highest BCUT2D eigenvalue weighted by Gasteiger charge is 2.60. The van der Waals surface area contributed by atoms with E-state index in [0.717, 1.165) is 30.2 Å². The summed E-state index contributed by atoms with van der Waals surface area (Å²) < 4.78 is 0. The summed E-state index contributed by atoms with van der Waals surface area (Å²) in [4.78, 5) is 13.1. The molecule has 25 heavy (non-hydrogen) atoms. The van der Waals surface area contributed by atoms with Gasteiger partial charge in [0.1, 0.15) is 5.54 Å². The summed E-state index contributed by atoms with van der Waals surface area (Å²) in [5.41, 5.74) is 2.25. The molecule has 4 bridgehead atoms. The molecule has 0 atom stereocenters. The number of carbonyl (C=O) groups excluding carboxylic acids is 1. The first kappa shape index (κ1) is 15.9. The van der Waals surface area contributed by atoms with Crippen molar-refractivity contribution in [1.82, 2.24) is 10.0 Å². The van der Waals surface area contributed by atoms with Gasteiger partial charge in [0.25, 0.3) is 5.91 Å². The number of nitrogens with zero attached hydrogens (tertiary/aromatic N) is 2. The van der Waals surface area contributed by atoms with Gasteiger partial charge in [0.05, 0.1) is 6.04 Å². The van der Waals surface area contributed by atoms with Gasteiger partial charge in [-0.2, -0.15) is 5.01 Å². The quantitative estimate of drug-likeness (QED) is 0.826. The molecule has 0 radical (unpaired) electrons. The van der Waals surface area contributed by atoms with Crippen molar-refractivity contribution in [2.75, 3.05) is 0 Å². The lowest BCUT2D eigenvalue weighted by atomic mass is 9.53. The second-order valence-corrected chi connectivity index (χ2v) is 9.68. The van der Waals surface area contributed by atoms with Crippen LogP contribution in [0.25, 0.3) is 0 Å². The van der Waals surface area contributed by atoms with Crippen LogP contribution in [0.15, 0.2) is 24.3 Å². The van der Waals surface area contributed by atoms with Gasteiger partial charge in [-0.3, -0.25) is 9.80 Å². The van der Waals surface area contributed by atoms with Gasteiger partial charge in [0.2, 0.25) is 0 Å². The third-order valence-corrected chi connectivity index (χ3v) is 7.51. The zero-order valence-electron chi connectivity index (χ0n) is 15.7. The van der Waals surface area contributed by atoms with E-state index < -0.39 is 0 Å². The molecule has 1 aromatic rings. The molecule has 3 nitrogen and oxygen atoms in total. The highest BCUT2D eigenvalue weighted by atomic mass is 16.2. The third-order valence-electron chi connectivity index (χ3n) is 7.51. The highest BCUT2D eigenvalue weighted by molar-refractivity contribution is 5.90. The van der Waals surface area contributed by atoms with E-state index in [1.165, 1.54) is 43.2 Å². The van der Waals surface area contributed by atoms with Crippen LogP contribution >= 0.6 is 0 Å². The minimum absolute atomic E-state index is 0.345. The molecule has 1 aliphatic heterocycles. The molecular weight excluding hydrogens is 308 g/mol. The van der Waals surface area contributed by atoms with Gasteiger partial charge < -0.3 is 0 Å². The van der Waals surface area contributed by atoms with Gasteiger partial charge in [0, 0.05) is 6.54 Å². The normalized spacial score (nSPS) is 38.9. The maximum Gasteiger partial charge on any atom is 0.258 e. The second kappa shape index (κ2) is 5.33. The Balaban J connectivity index is 1.43. The van der Waals surface area contributed by atoms with Gasteiger partial charge in [-0.25, -0.2) is 0 Å². The number of amides is 1. The molecule has 0 N–H and O–H groups in total. The Morgan fingerprint density at radius 1 is 1.04 bits per heavy atom. The van der Waals surface area contributed by atoms with E-state index in [0.29, 0.717) is 11.9 Å². The molecule has 6 rings (SSSR count). The lowest BCUT2D eigenvalue weighted by molar-refractivity contribution is -0.251. The largest absolute Gasteiger partial charge is 0.271 e. The maximum absolute atomic E-state index is 13.1. The number of benzene rings is 1. The standard InChI is InChI=1S/C22H30N2O/c1-14-5-4-6-15(7-14)13-23-22(2,3)21(25)24(23)20-18-9-16-8-17(11-18)12-19(20)10-16/h4-7,16-20H,8-13H2,1-3H3. The molecule has 1 heterocycles. The Kier molecular flexibility index (Phi) is 3.38. The predicted molar refractivity (Wildman–Crippen MR) is 98.5 cm³/mol. The molecule has 0 unspecified atom stereocenters. The Labute approximate surface area is 151 Å². The first-order chi connectivity index (χ1) is 11.9. The molecule has 5 aliphatic rings. The van der Waals surface area contributed by atoms with Crippen LogP contribution in [0.5, 0.6) is 0 Å². The van der Waals surface area contributed by atoms with Crippen LogP contribution in [-0.4, -0.2) is 27.5 Å². The van der Waals surface area contributed by atoms with Crippen molar-refractivity contribution in [3.8, 4) is 0 Å². The van der Waals surface area contributed by atoms with E-state index in [9.17, 15) is 4.79 Å². The second-order valence-electron chi connectivity index (χ2n) is 9.68. The van der Waals surface area contributed by atoms with Crippen LogP contribution in [0.1, 0.15) is 57.1 Å². The number of carbonyl (C=O) groups is 1. The van der Waals surface area contributed by atoms with E-state index in [4.69, 9.17) is 0 Å². The summed E-state index contributed by atoms with van der Waals surface area (Å²) in [7, 11) is 0. The van der Waals surface area contributed by atoms with Gasteiger partial charge in [-0.15, -0.1) is 0 Å². The van der Waals surface area contributed by atoms with E-state index in [1.807, 2.05) is 0 Å². The van der Waals surface area contributed by atoms with Gasteiger partial charge in [0.15, 0.2) is 0 Å². The topological polar surface area (TPSA) is 23.6 Å². The highest BCUT2D eigenvalue weighted by Crippen LogP contribution is 2.57. The molecule has 5 fully saturated rings. The molecule has 134 valence electrons. The molecule has 4 aliphatic carbocycles. The summed E-state index contributed by atoms with van der Waals surface area (Å²) in [5.74, 6) is 3.74. The smallest absolute Gasteiger partial charge is 0.258 e. The Hall–Kier alpha value is -1.35. The molecule has 1 saturated heterocycles. The van der Waals surface area contributed by atoms with E-state index in [1.54, 1.807) is 0 Å². The first-order valence-electron chi connectivity index (χ1n) is 10.1. The van der Waals surface area contributed by atoms with Crippen LogP contribution in [0.2, 0.25) is 0 Å². The Bertz CT molecular complexity index is 682. The maximum atomic E-state index is 13.1. The molecule has 1 aromatic carbocycles. The lowest BCUT2D eigenvalue weighted by Gasteiger charge is -2.65. The van der Waals surface area contributed by atoms with Crippen molar-refractivity contribution in [1.29, 1.82) is 0 Å². The molecule has 0 aromatic heterocycles. The minimum Gasteiger partial charge on any atom is -0.271 e. The van der Waals surface area contributed by atoms with E-state index in [-0.39, 0.29) is 5.54 Å². The van der Waals surface area contributed by atoms with Gasteiger partial charge >= 0.3 is 0 Å². The zero-order chi connectivity index (χ0) is 17.3. The van der Waals surface area contributed by atoms with Crippen molar-refractivity contribution >= 4 is 5.91 Å². The van der Waals surface area contributed by atoms with Crippen molar-refractivity contribution < 1.29 is 4.79 Å². The summed E-state index contributed by atoms with van der Waals surface area (Å²) in [6.07, 6.45) is 6.91. The first-order valence-corrected chi connectivity index (χ1v) is 10.1. The van der Waals surface area contributed by atoms with Crippen LogP contribution in [0.3, 0.4) is 0 Å². The fourth-order valence-electron chi connectivity index (χ4n) is 6.57. The minimum atomic E-state index is -0.363. The van der Waals surface area contributed by atoms with Crippen LogP contribution in [0, 0.1) is 30.6 Å². The molecule has 4 saturated carbocycles. The Morgan fingerprint density at radius 3 is 2.28 bits per heavy atom. The van der Waals surface area contributed by atoms with Crippen LogP contribution < -0.4 is 0 Å². The number of hydrogen-bond donors (Lipinski definition) is 0. The zero-order valence-corrected chi connectivity index (χ0v) is 15.7. The summed E-state index contributed by atoms with van der Waals surface area (Å²) in [6.45, 7) is 7.18. The molecule has 1 amide bonds. The van der Waals surface area contributed by atoms with Crippen LogP contribution in [0.4, 0.5) is 0 Å². The summed E-state index contributed by atoms with van der Waals surface area (Å²) in [5, 5.41) is 4.58. The van der Waals surface area contributed by atoms with Crippen molar-refractivity contribution in [2.24, 2.45) is 23.7 Å². The van der Waals surface area contributed by atoms with E-state index >= 15 is 0 Å². The Morgan fingerprint density at radius 2 is 1.68 bits per heavy atom. The number of aryl methyl sites for hydroxylation is 1. The predicted octanol–water partition coefficient (Wildman–Crippen LogP) is 4.16. The number of hydrogen-bond acceptors (Lipinski definition) is 2. The van der Waals surface area contributed by atoms with E-state index in [2.05, 4.69) is 55.1 Å². The fourth-order valence-corrected chi connectivity index (χ4v) is 6.57.